The van der Waals surface area contributed by atoms with Gasteiger partial charge in [0.2, 0.25) is 5.91 Å². The molecule has 198 valence electrons. The Balaban J connectivity index is 1.79. The fraction of sp³-hybridized carbons (Fsp3) is 0.407. The maximum Gasteiger partial charge on any atom is 0.416 e. The van der Waals surface area contributed by atoms with Crippen molar-refractivity contribution in [1.29, 1.82) is 0 Å². The first-order valence-corrected chi connectivity index (χ1v) is 12.1. The summed E-state index contributed by atoms with van der Waals surface area (Å²) in [4.78, 5) is 14.9. The van der Waals surface area contributed by atoms with E-state index in [0.29, 0.717) is 37.2 Å². The fourth-order valence-electron chi connectivity index (χ4n) is 5.47. The second kappa shape index (κ2) is 9.89. The first-order valence-electron chi connectivity index (χ1n) is 12.1. The molecule has 1 aliphatic heterocycles. The lowest BCUT2D eigenvalue weighted by Gasteiger charge is -2.47. The number of alkyl halides is 3. The van der Waals surface area contributed by atoms with E-state index in [-0.39, 0.29) is 12.8 Å². The Morgan fingerprint density at radius 3 is 2.27 bits per heavy atom. The van der Waals surface area contributed by atoms with Crippen molar-refractivity contribution in [3.8, 4) is 0 Å². The third-order valence-electron chi connectivity index (χ3n) is 7.41. The van der Waals surface area contributed by atoms with Gasteiger partial charge in [0, 0.05) is 42.4 Å². The van der Waals surface area contributed by atoms with E-state index in [9.17, 15) is 26.7 Å². The molecule has 0 saturated heterocycles. The van der Waals surface area contributed by atoms with Crippen LogP contribution >= 0.6 is 0 Å². The van der Waals surface area contributed by atoms with Crippen LogP contribution in [0.3, 0.4) is 0 Å². The zero-order valence-corrected chi connectivity index (χ0v) is 20.9. The highest BCUT2D eigenvalue weighted by molar-refractivity contribution is 5.86. The molecule has 0 spiro atoms. The second-order valence-electron chi connectivity index (χ2n) is 9.48. The quantitative estimate of drug-likeness (QED) is 0.422. The molecule has 0 fully saturated rings. The number of carbonyl (C=O) groups is 1. The monoisotopic (exact) mass is 520 g/mol. The lowest BCUT2D eigenvalue weighted by molar-refractivity contribution is -0.138. The number of amides is 1. The third-order valence-corrected chi connectivity index (χ3v) is 7.41. The summed E-state index contributed by atoms with van der Waals surface area (Å²) >= 11 is 0. The average Bonchev–Trinajstić information content (AvgIpc) is 3.18. The first kappa shape index (κ1) is 26.8. The van der Waals surface area contributed by atoms with E-state index < -0.39 is 46.4 Å². The lowest BCUT2D eigenvalue weighted by atomic mass is 9.82. The Kier molecular flexibility index (Phi) is 7.16. The van der Waals surface area contributed by atoms with Gasteiger partial charge in [-0.1, -0.05) is 30.3 Å². The van der Waals surface area contributed by atoms with Crippen LogP contribution in [0.2, 0.25) is 0 Å². The lowest BCUT2D eigenvalue weighted by Crippen LogP contribution is -2.56. The molecule has 2 heterocycles. The predicted molar refractivity (Wildman–Crippen MR) is 128 cm³/mol. The number of aromatic nitrogens is 2. The van der Waals surface area contributed by atoms with Gasteiger partial charge in [0.05, 0.1) is 11.3 Å². The van der Waals surface area contributed by atoms with Gasteiger partial charge in [-0.05, 0) is 51.3 Å². The zero-order chi connectivity index (χ0) is 27.1. The highest BCUT2D eigenvalue weighted by Crippen LogP contribution is 2.43. The maximum atomic E-state index is 14.7. The molecule has 10 heteroatoms. The first-order chi connectivity index (χ1) is 17.4. The van der Waals surface area contributed by atoms with Crippen LogP contribution in [0.25, 0.3) is 0 Å². The molecular formula is C27H29F5N4O. The Bertz CT molecular complexity index is 1280. The number of nitrogens with zero attached hydrogens (tertiary/aromatic N) is 3. The molecule has 4 rings (SSSR count). The SMILES string of the molecule is CCn1nc(C)c2c1CCN(C(C)(C(N)=O)c1ccccc1)C2CCc1c(F)cc(C(F)(F)F)cc1F. The van der Waals surface area contributed by atoms with E-state index >= 15 is 0 Å². The average molecular weight is 521 g/mol. The normalized spacial score (nSPS) is 17.9. The minimum Gasteiger partial charge on any atom is -0.368 e. The van der Waals surface area contributed by atoms with Gasteiger partial charge in [-0.2, -0.15) is 18.3 Å². The number of halogens is 5. The summed E-state index contributed by atoms with van der Waals surface area (Å²) in [5.74, 6) is -3.09. The summed E-state index contributed by atoms with van der Waals surface area (Å²) in [6.07, 6.45) is -4.33. The van der Waals surface area contributed by atoms with Gasteiger partial charge < -0.3 is 5.73 Å². The van der Waals surface area contributed by atoms with Crippen molar-refractivity contribution < 1.29 is 26.7 Å². The summed E-state index contributed by atoms with van der Waals surface area (Å²) < 4.78 is 70.4. The van der Waals surface area contributed by atoms with E-state index in [2.05, 4.69) is 5.10 Å². The minimum atomic E-state index is -4.86. The van der Waals surface area contributed by atoms with Crippen molar-refractivity contribution in [3.63, 3.8) is 0 Å². The second-order valence-corrected chi connectivity index (χ2v) is 9.48. The van der Waals surface area contributed by atoms with Crippen molar-refractivity contribution >= 4 is 5.91 Å². The highest BCUT2D eigenvalue weighted by Gasteiger charge is 2.46. The molecule has 1 aromatic heterocycles. The Morgan fingerprint density at radius 2 is 1.73 bits per heavy atom. The van der Waals surface area contributed by atoms with Gasteiger partial charge in [0.15, 0.2) is 0 Å². The van der Waals surface area contributed by atoms with Crippen molar-refractivity contribution in [2.75, 3.05) is 6.54 Å². The van der Waals surface area contributed by atoms with E-state index in [1.54, 1.807) is 31.2 Å². The van der Waals surface area contributed by atoms with Crippen LogP contribution in [-0.4, -0.2) is 27.1 Å². The molecule has 1 amide bonds. The highest BCUT2D eigenvalue weighted by atomic mass is 19.4. The van der Waals surface area contributed by atoms with Gasteiger partial charge in [-0.25, -0.2) is 8.78 Å². The molecular weight excluding hydrogens is 491 g/mol. The summed E-state index contributed by atoms with van der Waals surface area (Å²) in [5, 5.41) is 4.62. The smallest absolute Gasteiger partial charge is 0.368 e. The number of primary amides is 1. The minimum absolute atomic E-state index is 0.137. The van der Waals surface area contributed by atoms with Crippen LogP contribution in [0.4, 0.5) is 22.0 Å². The standard InChI is InChI=1S/C27H29F5N4O/c1-4-36-23-12-13-35(26(3,25(33)37)17-8-6-5-7-9-17)22(24(23)16(2)34-36)11-10-19-20(28)14-18(15-21(19)29)27(30,31)32/h5-9,14-15,22H,4,10-13H2,1-3H3,(H2,33,37). The molecule has 5 nitrogen and oxygen atoms in total. The van der Waals surface area contributed by atoms with Crippen LogP contribution in [0.5, 0.6) is 0 Å². The number of benzene rings is 2. The molecule has 0 bridgehead atoms. The molecule has 2 N–H and O–H groups in total. The predicted octanol–water partition coefficient (Wildman–Crippen LogP) is 5.44. The Morgan fingerprint density at radius 1 is 1.11 bits per heavy atom. The Hall–Kier alpha value is -3.27. The van der Waals surface area contributed by atoms with E-state index in [4.69, 9.17) is 5.73 Å². The number of rotatable bonds is 7. The molecule has 0 saturated carbocycles. The van der Waals surface area contributed by atoms with Gasteiger partial charge in [0.25, 0.3) is 0 Å². The fourth-order valence-corrected chi connectivity index (χ4v) is 5.47. The Labute approximate surface area is 212 Å². The van der Waals surface area contributed by atoms with Gasteiger partial charge in [0.1, 0.15) is 17.2 Å². The maximum absolute atomic E-state index is 14.7. The van der Waals surface area contributed by atoms with Crippen molar-refractivity contribution in [2.24, 2.45) is 5.73 Å². The molecule has 37 heavy (non-hydrogen) atoms. The molecule has 2 atom stereocenters. The largest absolute Gasteiger partial charge is 0.416 e. The number of nitrogens with two attached hydrogens (primary N) is 1. The summed E-state index contributed by atoms with van der Waals surface area (Å²) in [7, 11) is 0. The molecule has 1 aliphatic rings. The van der Waals surface area contributed by atoms with E-state index in [1.807, 2.05) is 29.5 Å². The van der Waals surface area contributed by atoms with E-state index in [1.165, 1.54) is 0 Å². The molecule has 0 radical (unpaired) electrons. The number of aryl methyl sites for hydroxylation is 2. The van der Waals surface area contributed by atoms with Crippen LogP contribution in [-0.2, 0) is 35.9 Å². The van der Waals surface area contributed by atoms with Crippen LogP contribution < -0.4 is 5.73 Å². The topological polar surface area (TPSA) is 64.2 Å². The summed E-state index contributed by atoms with van der Waals surface area (Å²) in [6.45, 7) is 6.57. The van der Waals surface area contributed by atoms with Crippen molar-refractivity contribution in [2.45, 2.75) is 64.3 Å². The summed E-state index contributed by atoms with van der Waals surface area (Å²) in [5.41, 5.74) is 6.13. The molecule has 2 unspecified atom stereocenters. The van der Waals surface area contributed by atoms with Crippen LogP contribution in [0.1, 0.15) is 60.0 Å². The third kappa shape index (κ3) is 4.74. The number of fused-ring (bicyclic) bond motifs is 1. The van der Waals surface area contributed by atoms with Crippen molar-refractivity contribution in [3.05, 3.63) is 87.7 Å². The number of carbonyl (C=O) groups excluding carboxylic acids is 1. The van der Waals surface area contributed by atoms with Gasteiger partial charge in [-0.15, -0.1) is 0 Å². The number of hydrogen-bond acceptors (Lipinski definition) is 3. The van der Waals surface area contributed by atoms with Gasteiger partial charge in [-0.3, -0.25) is 14.4 Å². The van der Waals surface area contributed by atoms with Crippen LogP contribution in [0.15, 0.2) is 42.5 Å². The molecule has 0 aliphatic carbocycles. The van der Waals surface area contributed by atoms with E-state index in [0.717, 1.165) is 17.0 Å². The number of hydrogen-bond donors (Lipinski definition) is 1. The zero-order valence-electron chi connectivity index (χ0n) is 20.9. The van der Waals surface area contributed by atoms with Gasteiger partial charge >= 0.3 is 6.18 Å². The summed E-state index contributed by atoms with van der Waals surface area (Å²) in [6, 6.07) is 9.15. The molecule has 2 aromatic carbocycles. The molecule has 3 aromatic rings. The van der Waals surface area contributed by atoms with Crippen LogP contribution in [0, 0.1) is 18.6 Å². The van der Waals surface area contributed by atoms with Crippen molar-refractivity contribution in [1.82, 2.24) is 14.7 Å².